The van der Waals surface area contributed by atoms with Crippen molar-refractivity contribution in [2.45, 2.75) is 13.0 Å². The molecule has 1 aromatic heterocycles. The number of hydrogen-bond acceptors (Lipinski definition) is 6. The van der Waals surface area contributed by atoms with Gasteiger partial charge in [0.2, 0.25) is 10.0 Å². The second-order valence-corrected chi connectivity index (χ2v) is 8.02. The molecule has 0 aliphatic carbocycles. The molecule has 0 unspecified atom stereocenters. The lowest BCUT2D eigenvalue weighted by atomic mass is 10.2. The van der Waals surface area contributed by atoms with E-state index in [4.69, 9.17) is 4.74 Å². The summed E-state index contributed by atoms with van der Waals surface area (Å²) >= 11 is 1.48. The lowest BCUT2D eigenvalue weighted by Crippen LogP contribution is -2.46. The number of carbonyl (C=O) groups excluding carboxylic acids is 1. The van der Waals surface area contributed by atoms with E-state index < -0.39 is 22.0 Å². The summed E-state index contributed by atoms with van der Waals surface area (Å²) in [5.74, 6) is 0.0592. The maximum atomic E-state index is 12.3. The largest absolute Gasteiger partial charge is 0.497 e. The minimum Gasteiger partial charge on any atom is -0.497 e. The van der Waals surface area contributed by atoms with Gasteiger partial charge in [-0.3, -0.25) is 9.10 Å². The maximum Gasteiger partial charge on any atom is 0.263 e. The molecule has 2 aromatic rings. The minimum absolute atomic E-state index is 0.369. The number of hydrogen-bond donors (Lipinski definition) is 1. The second kappa shape index (κ2) is 8.13. The SMILES string of the molecule is COc1ccc(N([C@H](C)C(=O)N/N=C\c2cccs2)S(C)(=O)=O)cc1. The Hall–Kier alpha value is -2.39. The summed E-state index contributed by atoms with van der Waals surface area (Å²) in [5, 5.41) is 5.75. The highest BCUT2D eigenvalue weighted by Crippen LogP contribution is 2.23. The van der Waals surface area contributed by atoms with Crippen LogP contribution in [0.4, 0.5) is 5.69 Å². The number of nitrogens with one attached hydrogen (secondary N) is 1. The van der Waals surface area contributed by atoms with E-state index in [0.29, 0.717) is 11.4 Å². The average Bonchev–Trinajstić information content (AvgIpc) is 3.07. The van der Waals surface area contributed by atoms with Crippen molar-refractivity contribution >= 4 is 39.2 Å². The van der Waals surface area contributed by atoms with Crippen molar-refractivity contribution in [2.75, 3.05) is 17.7 Å². The third-order valence-corrected chi connectivity index (χ3v) is 5.37. The Bertz CT molecular complexity index is 831. The topological polar surface area (TPSA) is 88.1 Å². The Morgan fingerprint density at radius 2 is 2.00 bits per heavy atom. The number of hydrazone groups is 1. The quantitative estimate of drug-likeness (QED) is 0.587. The average molecular weight is 381 g/mol. The Kier molecular flexibility index (Phi) is 6.16. The van der Waals surface area contributed by atoms with Crippen molar-refractivity contribution in [1.29, 1.82) is 0 Å². The third-order valence-electron chi connectivity index (χ3n) is 3.33. The molecule has 25 heavy (non-hydrogen) atoms. The number of carbonyl (C=O) groups is 1. The molecule has 2 rings (SSSR count). The predicted molar refractivity (Wildman–Crippen MR) is 99.8 cm³/mol. The van der Waals surface area contributed by atoms with Gasteiger partial charge in [0, 0.05) is 4.88 Å². The Morgan fingerprint density at radius 3 is 2.52 bits per heavy atom. The van der Waals surface area contributed by atoms with Crippen LogP contribution in [0.3, 0.4) is 0 Å². The van der Waals surface area contributed by atoms with Crippen molar-refractivity contribution in [3.63, 3.8) is 0 Å². The third kappa shape index (κ3) is 5.04. The zero-order valence-electron chi connectivity index (χ0n) is 14.0. The molecule has 1 heterocycles. The van der Waals surface area contributed by atoms with Gasteiger partial charge in [-0.05, 0) is 42.6 Å². The second-order valence-electron chi connectivity index (χ2n) is 5.18. The zero-order chi connectivity index (χ0) is 18.4. The van der Waals surface area contributed by atoms with E-state index >= 15 is 0 Å². The van der Waals surface area contributed by atoms with Gasteiger partial charge in [0.05, 0.1) is 25.3 Å². The molecule has 0 fully saturated rings. The summed E-state index contributed by atoms with van der Waals surface area (Å²) < 4.78 is 30.5. The van der Waals surface area contributed by atoms with Gasteiger partial charge in [0.1, 0.15) is 11.8 Å². The monoisotopic (exact) mass is 381 g/mol. The first-order chi connectivity index (χ1) is 11.8. The number of ether oxygens (including phenoxy) is 1. The van der Waals surface area contributed by atoms with Gasteiger partial charge in [-0.1, -0.05) is 6.07 Å². The molecule has 0 saturated carbocycles. The van der Waals surface area contributed by atoms with Crippen LogP contribution in [0.5, 0.6) is 5.75 Å². The van der Waals surface area contributed by atoms with E-state index in [1.807, 2.05) is 17.5 Å². The van der Waals surface area contributed by atoms with E-state index in [-0.39, 0.29) is 0 Å². The minimum atomic E-state index is -3.67. The van der Waals surface area contributed by atoms with E-state index in [1.165, 1.54) is 31.6 Å². The van der Waals surface area contributed by atoms with Crippen molar-refractivity contribution in [2.24, 2.45) is 5.10 Å². The normalized spacial score (nSPS) is 12.8. The molecular weight excluding hydrogens is 362 g/mol. The van der Waals surface area contributed by atoms with Crippen molar-refractivity contribution in [3.05, 3.63) is 46.7 Å². The summed E-state index contributed by atoms with van der Waals surface area (Å²) in [6, 6.07) is 9.18. The van der Waals surface area contributed by atoms with Crippen LogP contribution in [-0.4, -0.2) is 39.9 Å². The summed E-state index contributed by atoms with van der Waals surface area (Å²) in [5.41, 5.74) is 2.74. The fraction of sp³-hybridized carbons (Fsp3) is 0.250. The van der Waals surface area contributed by atoms with Crippen LogP contribution < -0.4 is 14.5 Å². The number of rotatable bonds is 7. The van der Waals surface area contributed by atoms with Gasteiger partial charge < -0.3 is 4.74 Å². The fourth-order valence-corrected chi connectivity index (χ4v) is 3.92. The summed E-state index contributed by atoms with van der Waals surface area (Å²) in [4.78, 5) is 13.2. The van der Waals surface area contributed by atoms with Gasteiger partial charge in [-0.15, -0.1) is 11.3 Å². The Morgan fingerprint density at radius 1 is 1.32 bits per heavy atom. The van der Waals surface area contributed by atoms with Gasteiger partial charge in [0.25, 0.3) is 5.91 Å². The molecule has 1 atom stereocenters. The maximum absolute atomic E-state index is 12.3. The first-order valence-electron chi connectivity index (χ1n) is 7.33. The first kappa shape index (κ1) is 18.9. The van der Waals surface area contributed by atoms with Gasteiger partial charge in [-0.25, -0.2) is 13.8 Å². The van der Waals surface area contributed by atoms with Crippen LogP contribution in [0.15, 0.2) is 46.9 Å². The van der Waals surface area contributed by atoms with Crippen molar-refractivity contribution < 1.29 is 17.9 Å². The summed E-state index contributed by atoms with van der Waals surface area (Å²) in [6.07, 6.45) is 2.56. The highest BCUT2D eigenvalue weighted by Gasteiger charge is 2.29. The highest BCUT2D eigenvalue weighted by atomic mass is 32.2. The number of benzene rings is 1. The van der Waals surface area contributed by atoms with Gasteiger partial charge in [0.15, 0.2) is 0 Å². The van der Waals surface area contributed by atoms with Crippen LogP contribution in [0.1, 0.15) is 11.8 Å². The summed E-state index contributed by atoms with van der Waals surface area (Å²) in [7, 11) is -2.15. The fourth-order valence-electron chi connectivity index (χ4n) is 2.16. The van der Waals surface area contributed by atoms with Crippen LogP contribution in [-0.2, 0) is 14.8 Å². The van der Waals surface area contributed by atoms with Gasteiger partial charge >= 0.3 is 0 Å². The van der Waals surface area contributed by atoms with Crippen LogP contribution in [0, 0.1) is 0 Å². The smallest absolute Gasteiger partial charge is 0.263 e. The molecule has 0 saturated heterocycles. The Labute approximate surface area is 151 Å². The molecule has 0 aliphatic heterocycles. The predicted octanol–water partition coefficient (Wildman–Crippen LogP) is 2.06. The number of thiophene rings is 1. The molecule has 1 amide bonds. The van der Waals surface area contributed by atoms with Crippen molar-refractivity contribution in [3.8, 4) is 5.75 Å². The molecule has 9 heteroatoms. The standard InChI is InChI=1S/C16H19N3O4S2/c1-12(16(20)18-17-11-15-5-4-10-24-15)19(25(3,21)22)13-6-8-14(23-2)9-7-13/h4-12H,1-3H3,(H,18,20)/b17-11-/t12-/m1/s1. The van der Waals surface area contributed by atoms with E-state index in [9.17, 15) is 13.2 Å². The zero-order valence-corrected chi connectivity index (χ0v) is 15.7. The molecule has 1 aromatic carbocycles. The van der Waals surface area contributed by atoms with E-state index in [1.54, 1.807) is 24.3 Å². The van der Waals surface area contributed by atoms with E-state index in [0.717, 1.165) is 15.4 Å². The molecule has 134 valence electrons. The molecule has 0 spiro atoms. The molecule has 0 bridgehead atoms. The Balaban J connectivity index is 2.17. The number of anilines is 1. The summed E-state index contributed by atoms with van der Waals surface area (Å²) in [6.45, 7) is 1.50. The van der Waals surface area contributed by atoms with Crippen LogP contribution in [0.25, 0.3) is 0 Å². The molecule has 0 aliphatic rings. The number of nitrogens with zero attached hydrogens (tertiary/aromatic N) is 2. The van der Waals surface area contributed by atoms with Crippen molar-refractivity contribution in [1.82, 2.24) is 5.43 Å². The highest BCUT2D eigenvalue weighted by molar-refractivity contribution is 7.92. The molecule has 7 nitrogen and oxygen atoms in total. The van der Waals surface area contributed by atoms with Crippen LogP contribution in [0.2, 0.25) is 0 Å². The number of amides is 1. The van der Waals surface area contributed by atoms with Gasteiger partial charge in [-0.2, -0.15) is 5.10 Å². The molecule has 1 N–H and O–H groups in total. The number of methoxy groups -OCH3 is 1. The molecule has 0 radical (unpaired) electrons. The number of sulfonamides is 1. The lowest BCUT2D eigenvalue weighted by Gasteiger charge is -2.27. The molecular formula is C16H19N3O4S2. The first-order valence-corrected chi connectivity index (χ1v) is 10.1. The van der Waals surface area contributed by atoms with E-state index in [2.05, 4.69) is 10.5 Å². The lowest BCUT2D eigenvalue weighted by molar-refractivity contribution is -0.121. The van der Waals surface area contributed by atoms with Crippen LogP contribution >= 0.6 is 11.3 Å².